The Bertz CT molecular complexity index is 603. The minimum Gasteiger partial charge on any atom is -0.484 e. The number of hydrogen-bond acceptors (Lipinski definition) is 4. The van der Waals surface area contributed by atoms with Gasteiger partial charge in [-0.25, -0.2) is 4.79 Å². The van der Waals surface area contributed by atoms with Gasteiger partial charge in [0, 0.05) is 11.1 Å². The quantitative estimate of drug-likeness (QED) is 0.692. The normalized spacial score (nSPS) is 19.4. The highest BCUT2D eigenvalue weighted by atomic mass is 35.5. The first-order valence-electron chi connectivity index (χ1n) is 8.29. The third-order valence-corrected chi connectivity index (χ3v) is 4.22. The zero-order valence-corrected chi connectivity index (χ0v) is 15.2. The van der Waals surface area contributed by atoms with E-state index < -0.39 is 12.1 Å². The molecule has 10 heteroatoms. The number of aliphatic carboxylic acids is 1. The van der Waals surface area contributed by atoms with Crippen LogP contribution in [0.4, 0.5) is 13.2 Å². The van der Waals surface area contributed by atoms with Crippen LogP contribution in [0.25, 0.3) is 0 Å². The van der Waals surface area contributed by atoms with E-state index in [2.05, 4.69) is 5.32 Å². The Morgan fingerprint density at radius 3 is 2.15 bits per heavy atom. The van der Waals surface area contributed by atoms with Crippen LogP contribution in [-0.2, 0) is 9.59 Å². The van der Waals surface area contributed by atoms with Crippen molar-refractivity contribution in [1.29, 1.82) is 0 Å². The van der Waals surface area contributed by atoms with Crippen molar-refractivity contribution in [3.63, 3.8) is 0 Å². The van der Waals surface area contributed by atoms with E-state index >= 15 is 0 Å². The van der Waals surface area contributed by atoms with Gasteiger partial charge in [-0.2, -0.15) is 13.2 Å². The highest BCUT2D eigenvalue weighted by Crippen LogP contribution is 2.23. The molecule has 0 unspecified atom stereocenters. The van der Waals surface area contributed by atoms with Gasteiger partial charge in [0.15, 0.2) is 6.61 Å². The zero-order chi connectivity index (χ0) is 20.4. The van der Waals surface area contributed by atoms with Crippen LogP contribution in [0.5, 0.6) is 5.75 Å². The molecule has 0 heterocycles. The molecule has 27 heavy (non-hydrogen) atoms. The molecular weight excluding hydrogens is 389 g/mol. The predicted octanol–water partition coefficient (Wildman–Crippen LogP) is 2.99. The lowest BCUT2D eigenvalue weighted by Gasteiger charge is -2.28. The summed E-state index contributed by atoms with van der Waals surface area (Å²) in [5.74, 6) is -1.56. The number of carboxylic acid groups (broad SMARTS) is 1. The third-order valence-electron chi connectivity index (χ3n) is 3.97. The van der Waals surface area contributed by atoms with Crippen LogP contribution in [0.15, 0.2) is 24.3 Å². The lowest BCUT2D eigenvalue weighted by molar-refractivity contribution is -0.192. The second kappa shape index (κ2) is 11.0. The van der Waals surface area contributed by atoms with Crippen LogP contribution in [0.1, 0.15) is 25.7 Å². The molecule has 1 aromatic rings. The first-order chi connectivity index (χ1) is 12.6. The highest BCUT2D eigenvalue weighted by Gasteiger charge is 2.38. The summed E-state index contributed by atoms with van der Waals surface area (Å²) >= 11 is 5.78. The number of rotatable bonds is 5. The Morgan fingerprint density at radius 2 is 1.70 bits per heavy atom. The molecule has 0 saturated heterocycles. The fraction of sp³-hybridized carbons (Fsp3) is 0.529. The molecule has 1 fully saturated rings. The summed E-state index contributed by atoms with van der Waals surface area (Å²) in [5, 5.41) is 10.8. The molecule has 1 aliphatic carbocycles. The van der Waals surface area contributed by atoms with Crippen molar-refractivity contribution in [3.8, 4) is 5.75 Å². The molecule has 1 saturated carbocycles. The second-order valence-electron chi connectivity index (χ2n) is 6.07. The molecular formula is C17H22ClF3N2O4. The highest BCUT2D eigenvalue weighted by molar-refractivity contribution is 6.30. The molecule has 1 aliphatic rings. The molecule has 1 amide bonds. The van der Waals surface area contributed by atoms with Crippen LogP contribution in [-0.4, -0.2) is 42.4 Å². The standard InChI is InChI=1S/C15H21ClN2O2.C2HF3O2/c16-12-3-7-14(8-4-12)20-10-15(19)18-13-5-1-11(9-17)2-6-13;3-2(4,5)1(6)7/h3-4,7-8,11,13H,1-2,5-6,9-10,17H2,(H,18,19);(H,6,7)/t11-,13-;. The molecule has 6 nitrogen and oxygen atoms in total. The Morgan fingerprint density at radius 1 is 1.19 bits per heavy atom. The lowest BCUT2D eigenvalue weighted by atomic mass is 9.86. The van der Waals surface area contributed by atoms with Crippen LogP contribution in [0.3, 0.4) is 0 Å². The number of nitrogens with one attached hydrogen (secondary N) is 1. The molecule has 0 spiro atoms. The van der Waals surface area contributed by atoms with Crippen molar-refractivity contribution in [3.05, 3.63) is 29.3 Å². The average Bonchev–Trinajstić information content (AvgIpc) is 2.61. The summed E-state index contributed by atoms with van der Waals surface area (Å²) < 4.78 is 37.2. The predicted molar refractivity (Wildman–Crippen MR) is 93.6 cm³/mol. The number of alkyl halides is 3. The number of nitrogens with two attached hydrogens (primary N) is 1. The van der Waals surface area contributed by atoms with Crippen molar-refractivity contribution in [2.75, 3.05) is 13.2 Å². The smallest absolute Gasteiger partial charge is 0.484 e. The molecule has 1 aromatic carbocycles. The summed E-state index contributed by atoms with van der Waals surface area (Å²) in [4.78, 5) is 20.7. The summed E-state index contributed by atoms with van der Waals surface area (Å²) in [6.45, 7) is 0.790. The fourth-order valence-corrected chi connectivity index (χ4v) is 2.62. The van der Waals surface area contributed by atoms with Gasteiger partial charge in [-0.3, -0.25) is 4.79 Å². The fourth-order valence-electron chi connectivity index (χ4n) is 2.49. The van der Waals surface area contributed by atoms with Gasteiger partial charge < -0.3 is 20.9 Å². The average molecular weight is 411 g/mol. The molecule has 0 aromatic heterocycles. The topological polar surface area (TPSA) is 102 Å². The van der Waals surface area contributed by atoms with Gasteiger partial charge in [0.25, 0.3) is 5.91 Å². The second-order valence-corrected chi connectivity index (χ2v) is 6.50. The maximum absolute atomic E-state index is 11.8. The van der Waals surface area contributed by atoms with Crippen LogP contribution in [0.2, 0.25) is 5.02 Å². The van der Waals surface area contributed by atoms with Gasteiger partial charge in [-0.15, -0.1) is 0 Å². The number of amides is 1. The van der Waals surface area contributed by atoms with Crippen LogP contribution >= 0.6 is 11.6 Å². The van der Waals surface area contributed by atoms with Gasteiger partial charge in [-0.05, 0) is 62.4 Å². The Labute approximate surface area is 159 Å². The minimum atomic E-state index is -5.08. The van der Waals surface area contributed by atoms with Crippen LogP contribution < -0.4 is 15.8 Å². The zero-order valence-electron chi connectivity index (χ0n) is 14.5. The van der Waals surface area contributed by atoms with E-state index in [1.165, 1.54) is 0 Å². The number of carbonyl (C=O) groups excluding carboxylic acids is 1. The van der Waals surface area contributed by atoms with Gasteiger partial charge in [-0.1, -0.05) is 11.6 Å². The van der Waals surface area contributed by atoms with Crippen molar-refractivity contribution >= 4 is 23.5 Å². The maximum Gasteiger partial charge on any atom is 0.490 e. The Kier molecular flexibility index (Phi) is 9.37. The SMILES string of the molecule is NC[C@H]1CC[C@H](NC(=O)COc2ccc(Cl)cc2)CC1.O=C(O)C(F)(F)F. The first kappa shape index (κ1) is 23.0. The minimum absolute atomic E-state index is 0.0401. The molecule has 152 valence electrons. The van der Waals surface area contributed by atoms with Gasteiger partial charge in [0.1, 0.15) is 5.75 Å². The van der Waals surface area contributed by atoms with Gasteiger partial charge >= 0.3 is 12.1 Å². The van der Waals surface area contributed by atoms with Gasteiger partial charge in [0.05, 0.1) is 0 Å². The van der Waals surface area contributed by atoms with E-state index in [0.717, 1.165) is 32.2 Å². The summed E-state index contributed by atoms with van der Waals surface area (Å²) in [7, 11) is 0. The molecule has 4 N–H and O–H groups in total. The Balaban J connectivity index is 0.000000445. The van der Waals surface area contributed by atoms with Crippen molar-refractivity contribution < 1.29 is 32.6 Å². The first-order valence-corrected chi connectivity index (χ1v) is 8.67. The largest absolute Gasteiger partial charge is 0.490 e. The summed E-state index contributed by atoms with van der Waals surface area (Å²) in [5.41, 5.74) is 5.66. The van der Waals surface area contributed by atoms with E-state index in [1.54, 1.807) is 24.3 Å². The van der Waals surface area contributed by atoms with E-state index in [-0.39, 0.29) is 18.6 Å². The molecule has 0 aliphatic heterocycles. The van der Waals surface area contributed by atoms with E-state index in [0.29, 0.717) is 16.7 Å². The number of hydrogen-bond donors (Lipinski definition) is 3. The third kappa shape index (κ3) is 9.48. The van der Waals surface area contributed by atoms with Crippen LogP contribution in [0, 0.1) is 5.92 Å². The monoisotopic (exact) mass is 410 g/mol. The molecule has 2 rings (SSSR count). The molecule has 0 radical (unpaired) electrons. The molecule has 0 atom stereocenters. The van der Waals surface area contributed by atoms with Crippen molar-refractivity contribution in [2.45, 2.75) is 37.9 Å². The summed E-state index contributed by atoms with van der Waals surface area (Å²) in [6, 6.07) is 7.25. The number of carbonyl (C=O) groups is 2. The molecule has 0 bridgehead atoms. The van der Waals surface area contributed by atoms with Crippen molar-refractivity contribution in [1.82, 2.24) is 5.32 Å². The number of benzene rings is 1. The van der Waals surface area contributed by atoms with E-state index in [1.807, 2.05) is 0 Å². The van der Waals surface area contributed by atoms with Crippen molar-refractivity contribution in [2.24, 2.45) is 11.7 Å². The van der Waals surface area contributed by atoms with Gasteiger partial charge in [0.2, 0.25) is 0 Å². The number of halogens is 4. The maximum atomic E-state index is 11.8. The number of carboxylic acids is 1. The van der Waals surface area contributed by atoms with E-state index in [4.69, 9.17) is 32.0 Å². The lowest BCUT2D eigenvalue weighted by Crippen LogP contribution is -2.40. The summed E-state index contributed by atoms with van der Waals surface area (Å²) in [6.07, 6.45) is -0.873. The Hall–Kier alpha value is -2.00. The number of ether oxygens (including phenoxy) is 1. The van der Waals surface area contributed by atoms with E-state index in [9.17, 15) is 18.0 Å².